The molecule has 1 aliphatic rings. The van der Waals surface area contributed by atoms with Gasteiger partial charge in [0.25, 0.3) is 11.1 Å². The summed E-state index contributed by atoms with van der Waals surface area (Å²) in [5, 5.41) is 11.1. The van der Waals surface area contributed by atoms with Crippen molar-refractivity contribution in [2.75, 3.05) is 11.9 Å². The molecule has 0 saturated carbocycles. The monoisotopic (exact) mass is 487 g/mol. The van der Waals surface area contributed by atoms with Crippen LogP contribution >= 0.6 is 11.8 Å². The Balaban J connectivity index is 1.46. The van der Waals surface area contributed by atoms with Crippen LogP contribution in [0.1, 0.15) is 16.7 Å². The van der Waals surface area contributed by atoms with Crippen molar-refractivity contribution in [2.24, 2.45) is 0 Å². The summed E-state index contributed by atoms with van der Waals surface area (Å²) < 4.78 is 19.2. The maximum Gasteiger partial charge on any atom is 0.294 e. The van der Waals surface area contributed by atoms with Gasteiger partial charge in [-0.25, -0.2) is 4.39 Å². The molecular formula is C26H18FN3O4S. The van der Waals surface area contributed by atoms with E-state index < -0.39 is 29.4 Å². The van der Waals surface area contributed by atoms with Crippen LogP contribution in [0.15, 0.2) is 77.7 Å². The lowest BCUT2D eigenvalue weighted by atomic mass is 10.1. The van der Waals surface area contributed by atoms with E-state index in [1.54, 1.807) is 42.5 Å². The third kappa shape index (κ3) is 5.75. The predicted molar refractivity (Wildman–Crippen MR) is 130 cm³/mol. The molecule has 9 heteroatoms. The number of benzene rings is 3. The zero-order chi connectivity index (χ0) is 24.8. The van der Waals surface area contributed by atoms with Crippen LogP contribution in [-0.4, -0.2) is 28.5 Å². The molecule has 1 heterocycles. The van der Waals surface area contributed by atoms with Gasteiger partial charge in [0.05, 0.1) is 16.5 Å². The van der Waals surface area contributed by atoms with Crippen molar-refractivity contribution in [3.63, 3.8) is 0 Å². The Morgan fingerprint density at radius 2 is 1.86 bits per heavy atom. The number of thioether (sulfide) groups is 1. The van der Waals surface area contributed by atoms with Crippen molar-refractivity contribution >= 4 is 40.6 Å². The number of halogens is 1. The van der Waals surface area contributed by atoms with Gasteiger partial charge in [-0.3, -0.25) is 19.3 Å². The summed E-state index contributed by atoms with van der Waals surface area (Å²) in [6.45, 7) is -0.349. The van der Waals surface area contributed by atoms with Gasteiger partial charge in [-0.05, 0) is 48.2 Å². The van der Waals surface area contributed by atoms with Crippen LogP contribution in [-0.2, 0) is 16.2 Å². The molecule has 3 aromatic rings. The third-order valence-corrected chi connectivity index (χ3v) is 5.92. The quantitative estimate of drug-likeness (QED) is 0.474. The highest BCUT2D eigenvalue weighted by Gasteiger charge is 2.36. The van der Waals surface area contributed by atoms with Crippen molar-refractivity contribution in [3.8, 4) is 11.8 Å². The Kier molecular flexibility index (Phi) is 7.24. The van der Waals surface area contributed by atoms with E-state index in [1.165, 1.54) is 24.3 Å². The van der Waals surface area contributed by atoms with E-state index in [4.69, 9.17) is 4.74 Å². The van der Waals surface area contributed by atoms with Crippen molar-refractivity contribution in [2.45, 2.75) is 6.61 Å². The van der Waals surface area contributed by atoms with Crippen LogP contribution < -0.4 is 10.1 Å². The molecule has 0 aliphatic carbocycles. The molecule has 174 valence electrons. The summed E-state index contributed by atoms with van der Waals surface area (Å²) in [4.78, 5) is 38.5. The lowest BCUT2D eigenvalue weighted by molar-refractivity contribution is -0.127. The summed E-state index contributed by atoms with van der Waals surface area (Å²) in [7, 11) is 0. The average Bonchev–Trinajstić information content (AvgIpc) is 3.11. The molecule has 0 spiro atoms. The van der Waals surface area contributed by atoms with Gasteiger partial charge in [0.1, 0.15) is 24.7 Å². The minimum Gasteiger partial charge on any atom is -0.488 e. The van der Waals surface area contributed by atoms with Gasteiger partial charge in [-0.1, -0.05) is 42.5 Å². The largest absolute Gasteiger partial charge is 0.488 e. The maximum atomic E-state index is 13.3. The van der Waals surface area contributed by atoms with Gasteiger partial charge >= 0.3 is 0 Å². The number of anilines is 1. The van der Waals surface area contributed by atoms with Crippen LogP contribution in [0.25, 0.3) is 6.08 Å². The smallest absolute Gasteiger partial charge is 0.294 e. The molecule has 4 rings (SSSR count). The minimum atomic E-state index is -0.626. The van der Waals surface area contributed by atoms with E-state index in [-0.39, 0.29) is 17.2 Å². The van der Waals surface area contributed by atoms with Crippen LogP contribution in [0.2, 0.25) is 0 Å². The predicted octanol–water partition coefficient (Wildman–Crippen LogP) is 4.95. The number of imide groups is 1. The lowest BCUT2D eigenvalue weighted by Crippen LogP contribution is -2.36. The molecule has 3 aromatic carbocycles. The molecule has 7 nitrogen and oxygen atoms in total. The van der Waals surface area contributed by atoms with Gasteiger partial charge in [0.2, 0.25) is 5.91 Å². The fourth-order valence-corrected chi connectivity index (χ4v) is 4.16. The molecule has 0 unspecified atom stereocenters. The Morgan fingerprint density at radius 3 is 2.66 bits per heavy atom. The molecule has 0 aromatic heterocycles. The number of nitriles is 1. The molecule has 3 amide bonds. The number of nitrogens with one attached hydrogen (secondary N) is 1. The second kappa shape index (κ2) is 10.7. The number of carbonyl (C=O) groups excluding carboxylic acids is 3. The van der Waals surface area contributed by atoms with E-state index in [2.05, 4.69) is 11.4 Å². The number of para-hydroxylation sites is 1. The molecule has 0 bridgehead atoms. The third-order valence-electron chi connectivity index (χ3n) is 5.01. The molecular weight excluding hydrogens is 469 g/mol. The average molecular weight is 488 g/mol. The SMILES string of the molecule is N#Cc1ccccc1COc1ccccc1/C=C1/SC(=O)N(CC(=O)Nc2cccc(F)c2)C1=O. The van der Waals surface area contributed by atoms with Gasteiger partial charge < -0.3 is 10.1 Å². The highest BCUT2D eigenvalue weighted by molar-refractivity contribution is 8.18. The van der Waals surface area contributed by atoms with Crippen LogP contribution in [0, 0.1) is 17.1 Å². The zero-order valence-corrected chi connectivity index (χ0v) is 19.0. The number of carbonyl (C=O) groups is 3. The number of hydrogen-bond acceptors (Lipinski definition) is 6. The zero-order valence-electron chi connectivity index (χ0n) is 18.2. The topological polar surface area (TPSA) is 99.5 Å². The van der Waals surface area contributed by atoms with Crippen molar-refractivity contribution in [3.05, 3.63) is 100 Å². The van der Waals surface area contributed by atoms with E-state index >= 15 is 0 Å². The Labute approximate surface area is 204 Å². The summed E-state index contributed by atoms with van der Waals surface area (Å²) >= 11 is 0.717. The number of hydrogen-bond donors (Lipinski definition) is 1. The summed E-state index contributed by atoms with van der Waals surface area (Å²) in [6.07, 6.45) is 1.53. The number of amides is 3. The van der Waals surface area contributed by atoms with Crippen LogP contribution in [0.4, 0.5) is 14.9 Å². The van der Waals surface area contributed by atoms with Crippen LogP contribution in [0.5, 0.6) is 5.75 Å². The normalized spacial score (nSPS) is 14.2. The minimum absolute atomic E-state index is 0.141. The lowest BCUT2D eigenvalue weighted by Gasteiger charge is -2.12. The van der Waals surface area contributed by atoms with Crippen molar-refractivity contribution < 1.29 is 23.5 Å². The standard InChI is InChI=1S/C26H18FN3O4S/c27-20-9-5-10-21(13-20)29-24(31)15-30-25(32)23(35-26(30)33)12-17-6-3-4-11-22(17)34-16-19-8-2-1-7-18(19)14-28/h1-13H,15-16H2,(H,29,31)/b23-12+. The number of nitrogens with zero attached hydrogens (tertiary/aromatic N) is 2. The highest BCUT2D eigenvalue weighted by Crippen LogP contribution is 2.34. The Bertz CT molecular complexity index is 1380. The molecule has 1 fully saturated rings. The summed E-state index contributed by atoms with van der Waals surface area (Å²) in [5.41, 5.74) is 2.01. The van der Waals surface area contributed by atoms with E-state index in [0.29, 0.717) is 28.6 Å². The van der Waals surface area contributed by atoms with E-state index in [9.17, 15) is 24.0 Å². The first kappa shape index (κ1) is 23.7. The second-order valence-electron chi connectivity index (χ2n) is 7.42. The molecule has 1 aliphatic heterocycles. The van der Waals surface area contributed by atoms with Gasteiger partial charge in [-0.2, -0.15) is 5.26 Å². The maximum absolute atomic E-state index is 13.3. The first-order valence-electron chi connectivity index (χ1n) is 10.4. The summed E-state index contributed by atoms with van der Waals surface area (Å²) in [5.74, 6) is -1.29. The highest BCUT2D eigenvalue weighted by atomic mass is 32.2. The summed E-state index contributed by atoms with van der Waals surface area (Å²) in [6, 6.07) is 21.5. The van der Waals surface area contributed by atoms with E-state index in [1.807, 2.05) is 6.07 Å². The van der Waals surface area contributed by atoms with Gasteiger partial charge in [0, 0.05) is 16.8 Å². The molecule has 1 saturated heterocycles. The first-order valence-corrected chi connectivity index (χ1v) is 11.3. The molecule has 1 N–H and O–H groups in total. The molecule has 0 atom stereocenters. The fraction of sp³-hybridized carbons (Fsp3) is 0.0769. The second-order valence-corrected chi connectivity index (χ2v) is 8.42. The Morgan fingerprint density at radius 1 is 1.09 bits per heavy atom. The Hall–Kier alpha value is -4.42. The van der Waals surface area contributed by atoms with Crippen molar-refractivity contribution in [1.29, 1.82) is 5.26 Å². The number of ether oxygens (including phenoxy) is 1. The van der Waals surface area contributed by atoms with Gasteiger partial charge in [-0.15, -0.1) is 0 Å². The number of rotatable bonds is 7. The molecule has 0 radical (unpaired) electrons. The first-order chi connectivity index (χ1) is 16.9. The van der Waals surface area contributed by atoms with Crippen molar-refractivity contribution in [1.82, 2.24) is 4.90 Å². The van der Waals surface area contributed by atoms with Gasteiger partial charge in [0.15, 0.2) is 0 Å². The fourth-order valence-electron chi connectivity index (χ4n) is 3.33. The van der Waals surface area contributed by atoms with E-state index in [0.717, 1.165) is 16.5 Å². The van der Waals surface area contributed by atoms with Crippen LogP contribution in [0.3, 0.4) is 0 Å². The molecule has 35 heavy (non-hydrogen) atoms.